The molecule has 1 aromatic heterocycles. The molecule has 0 unspecified atom stereocenters. The molecule has 0 saturated heterocycles. The van der Waals surface area contributed by atoms with Crippen LogP contribution in [0.3, 0.4) is 0 Å². The summed E-state index contributed by atoms with van der Waals surface area (Å²) >= 11 is 0. The van der Waals surface area contributed by atoms with Gasteiger partial charge in [-0.15, -0.1) is 0 Å². The van der Waals surface area contributed by atoms with Crippen molar-refractivity contribution < 1.29 is 4.79 Å². The van der Waals surface area contributed by atoms with Gasteiger partial charge in [-0.2, -0.15) is 0 Å². The Morgan fingerprint density at radius 1 is 1.50 bits per heavy atom. The van der Waals surface area contributed by atoms with Crippen molar-refractivity contribution >= 4 is 5.91 Å². The van der Waals surface area contributed by atoms with Crippen molar-refractivity contribution in [3.05, 3.63) is 34.2 Å². The summed E-state index contributed by atoms with van der Waals surface area (Å²) in [6.45, 7) is 6.78. The molecule has 0 aliphatic carbocycles. The van der Waals surface area contributed by atoms with Gasteiger partial charge in [-0.1, -0.05) is 20.8 Å². The summed E-state index contributed by atoms with van der Waals surface area (Å²) in [6.07, 6.45) is 3.91. The number of aromatic amines is 1. The summed E-state index contributed by atoms with van der Waals surface area (Å²) < 4.78 is 0. The van der Waals surface area contributed by atoms with E-state index < -0.39 is 0 Å². The molecule has 0 aliphatic rings. The Morgan fingerprint density at radius 2 is 2.19 bits per heavy atom. The fraction of sp³-hybridized carbons (Fsp3) is 0.500. The Balaban J connectivity index is 2.68. The second-order valence-electron chi connectivity index (χ2n) is 4.62. The number of rotatable bonds is 4. The third-order valence-electron chi connectivity index (χ3n) is 2.75. The van der Waals surface area contributed by atoms with Crippen molar-refractivity contribution in [2.45, 2.75) is 27.2 Å². The molecule has 1 heterocycles. The zero-order valence-electron chi connectivity index (χ0n) is 9.96. The molecule has 4 nitrogen and oxygen atoms in total. The average molecular weight is 222 g/mol. The van der Waals surface area contributed by atoms with Crippen LogP contribution in [-0.2, 0) is 0 Å². The zero-order valence-corrected chi connectivity index (χ0v) is 9.96. The van der Waals surface area contributed by atoms with Crippen LogP contribution in [0.15, 0.2) is 23.3 Å². The SMILES string of the molecule is CCC(C)(C)CNC(=O)c1c[nH]ccc1=O. The number of hydrogen-bond donors (Lipinski definition) is 2. The summed E-state index contributed by atoms with van der Waals surface area (Å²) in [5, 5.41) is 2.77. The first-order valence-electron chi connectivity index (χ1n) is 5.41. The van der Waals surface area contributed by atoms with Crippen LogP contribution in [0, 0.1) is 5.41 Å². The van der Waals surface area contributed by atoms with Gasteiger partial charge < -0.3 is 10.3 Å². The second-order valence-corrected chi connectivity index (χ2v) is 4.62. The smallest absolute Gasteiger partial charge is 0.256 e. The highest BCUT2D eigenvalue weighted by Crippen LogP contribution is 2.17. The fourth-order valence-electron chi connectivity index (χ4n) is 1.13. The Morgan fingerprint density at radius 3 is 2.75 bits per heavy atom. The van der Waals surface area contributed by atoms with E-state index in [0.29, 0.717) is 6.54 Å². The molecule has 88 valence electrons. The highest BCUT2D eigenvalue weighted by atomic mass is 16.2. The van der Waals surface area contributed by atoms with Gasteiger partial charge in [-0.25, -0.2) is 0 Å². The first-order valence-corrected chi connectivity index (χ1v) is 5.41. The molecule has 2 N–H and O–H groups in total. The van der Waals surface area contributed by atoms with Gasteiger partial charge in [0.2, 0.25) is 0 Å². The predicted molar refractivity (Wildman–Crippen MR) is 63.5 cm³/mol. The lowest BCUT2D eigenvalue weighted by atomic mass is 9.90. The molecule has 0 aromatic carbocycles. The minimum Gasteiger partial charge on any atom is -0.367 e. The molecule has 16 heavy (non-hydrogen) atoms. The first-order chi connectivity index (χ1) is 7.46. The molecule has 0 spiro atoms. The molecule has 0 atom stereocenters. The number of carbonyl (C=O) groups is 1. The molecular weight excluding hydrogens is 204 g/mol. The van der Waals surface area contributed by atoms with Crippen molar-refractivity contribution in [1.82, 2.24) is 10.3 Å². The van der Waals surface area contributed by atoms with E-state index in [1.165, 1.54) is 18.5 Å². The number of carbonyl (C=O) groups excluding carboxylic acids is 1. The van der Waals surface area contributed by atoms with Gasteiger partial charge in [0.15, 0.2) is 5.43 Å². The van der Waals surface area contributed by atoms with Crippen molar-refractivity contribution in [1.29, 1.82) is 0 Å². The van der Waals surface area contributed by atoms with Crippen LogP contribution in [0.25, 0.3) is 0 Å². The van der Waals surface area contributed by atoms with E-state index in [-0.39, 0.29) is 22.3 Å². The maximum atomic E-state index is 11.7. The van der Waals surface area contributed by atoms with Crippen molar-refractivity contribution in [2.75, 3.05) is 6.54 Å². The van der Waals surface area contributed by atoms with Crippen LogP contribution >= 0.6 is 0 Å². The summed E-state index contributed by atoms with van der Waals surface area (Å²) in [5.74, 6) is -0.316. The van der Waals surface area contributed by atoms with Gasteiger partial charge in [0.05, 0.1) is 0 Å². The second kappa shape index (κ2) is 4.96. The third-order valence-corrected chi connectivity index (χ3v) is 2.75. The highest BCUT2D eigenvalue weighted by Gasteiger charge is 2.17. The zero-order chi connectivity index (χ0) is 12.2. The molecule has 0 radical (unpaired) electrons. The molecule has 0 saturated carbocycles. The maximum Gasteiger partial charge on any atom is 0.256 e. The third kappa shape index (κ3) is 3.22. The van der Waals surface area contributed by atoms with Gasteiger partial charge in [0.25, 0.3) is 5.91 Å². The van der Waals surface area contributed by atoms with Gasteiger partial charge in [0.1, 0.15) is 5.56 Å². The van der Waals surface area contributed by atoms with Crippen LogP contribution in [-0.4, -0.2) is 17.4 Å². The Hall–Kier alpha value is -1.58. The topological polar surface area (TPSA) is 62.0 Å². The lowest BCUT2D eigenvalue weighted by Crippen LogP contribution is -2.35. The molecule has 0 aliphatic heterocycles. The minimum atomic E-state index is -0.316. The molecule has 1 amide bonds. The van der Waals surface area contributed by atoms with Gasteiger partial charge in [-0.3, -0.25) is 9.59 Å². The fourth-order valence-corrected chi connectivity index (χ4v) is 1.13. The molecule has 0 fully saturated rings. The largest absolute Gasteiger partial charge is 0.367 e. The standard InChI is InChI=1S/C12H18N2O2/c1-4-12(2,3)8-14-11(16)9-7-13-6-5-10(9)15/h5-7H,4,8H2,1-3H3,(H,13,15)(H,14,16). The van der Waals surface area contributed by atoms with E-state index in [0.717, 1.165) is 6.42 Å². The Bertz CT molecular complexity index is 421. The normalized spacial score (nSPS) is 11.2. The molecule has 1 rings (SSSR count). The van der Waals surface area contributed by atoms with Crippen molar-refractivity contribution in [3.63, 3.8) is 0 Å². The number of hydrogen-bond acceptors (Lipinski definition) is 2. The summed E-state index contributed by atoms with van der Waals surface area (Å²) in [7, 11) is 0. The Labute approximate surface area is 95.1 Å². The number of pyridine rings is 1. The average Bonchev–Trinajstić information content (AvgIpc) is 2.27. The predicted octanol–water partition coefficient (Wildman–Crippen LogP) is 1.54. The van der Waals surface area contributed by atoms with Gasteiger partial charge in [0, 0.05) is 25.0 Å². The minimum absolute atomic E-state index is 0.0528. The highest BCUT2D eigenvalue weighted by molar-refractivity contribution is 5.93. The summed E-state index contributed by atoms with van der Waals surface area (Å²) in [5.41, 5.74) is -0.0445. The van der Waals surface area contributed by atoms with Crippen molar-refractivity contribution in [2.24, 2.45) is 5.41 Å². The lowest BCUT2D eigenvalue weighted by molar-refractivity contribution is 0.0934. The van der Waals surface area contributed by atoms with E-state index in [1.54, 1.807) is 0 Å². The lowest BCUT2D eigenvalue weighted by Gasteiger charge is -2.22. The summed E-state index contributed by atoms with van der Waals surface area (Å²) in [6, 6.07) is 1.35. The van der Waals surface area contributed by atoms with E-state index >= 15 is 0 Å². The number of H-pyrrole nitrogens is 1. The monoisotopic (exact) mass is 222 g/mol. The first kappa shape index (κ1) is 12.5. The van der Waals surface area contributed by atoms with E-state index in [4.69, 9.17) is 0 Å². The van der Waals surface area contributed by atoms with E-state index in [2.05, 4.69) is 31.1 Å². The van der Waals surface area contributed by atoms with Crippen LogP contribution in [0.4, 0.5) is 0 Å². The quantitative estimate of drug-likeness (QED) is 0.811. The van der Waals surface area contributed by atoms with Crippen LogP contribution in [0.1, 0.15) is 37.6 Å². The van der Waals surface area contributed by atoms with Crippen LogP contribution < -0.4 is 10.7 Å². The Kier molecular flexibility index (Phi) is 3.88. The van der Waals surface area contributed by atoms with E-state index in [9.17, 15) is 9.59 Å². The summed E-state index contributed by atoms with van der Waals surface area (Å²) in [4.78, 5) is 25.8. The molecule has 4 heteroatoms. The van der Waals surface area contributed by atoms with Crippen LogP contribution in [0.5, 0.6) is 0 Å². The number of aromatic nitrogens is 1. The van der Waals surface area contributed by atoms with Crippen molar-refractivity contribution in [3.8, 4) is 0 Å². The van der Waals surface area contributed by atoms with Crippen LogP contribution in [0.2, 0.25) is 0 Å². The van der Waals surface area contributed by atoms with Gasteiger partial charge >= 0.3 is 0 Å². The number of nitrogens with one attached hydrogen (secondary N) is 2. The molecule has 1 aromatic rings. The molecular formula is C12H18N2O2. The molecule has 0 bridgehead atoms. The number of amides is 1. The van der Waals surface area contributed by atoms with Gasteiger partial charge in [-0.05, 0) is 11.8 Å². The van der Waals surface area contributed by atoms with E-state index in [1.807, 2.05) is 0 Å². The maximum absolute atomic E-state index is 11.7.